The lowest BCUT2D eigenvalue weighted by Gasteiger charge is -2.09. The molecule has 4 heteroatoms. The van der Waals surface area contributed by atoms with Crippen LogP contribution in [0.15, 0.2) is 12.1 Å². The van der Waals surface area contributed by atoms with Gasteiger partial charge in [0.1, 0.15) is 0 Å². The number of hydrogen-bond acceptors (Lipinski definition) is 3. The molecule has 2 rings (SSSR count). The fourth-order valence-corrected chi connectivity index (χ4v) is 2.01. The van der Waals surface area contributed by atoms with Gasteiger partial charge in [-0.05, 0) is 36.1 Å². The number of fused-ring (bicyclic) bond motifs is 1. The van der Waals surface area contributed by atoms with Crippen LogP contribution in [0.1, 0.15) is 33.9 Å². The Hall–Kier alpha value is -1.55. The monoisotopic (exact) mass is 192 g/mol. The van der Waals surface area contributed by atoms with Gasteiger partial charge < -0.3 is 16.6 Å². The van der Waals surface area contributed by atoms with Crippen molar-refractivity contribution in [3.63, 3.8) is 0 Å². The van der Waals surface area contributed by atoms with E-state index in [0.717, 1.165) is 24.0 Å². The van der Waals surface area contributed by atoms with Crippen molar-refractivity contribution in [1.29, 1.82) is 0 Å². The second kappa shape index (κ2) is 2.99. The normalized spacial score (nSPS) is 19.4. The number of carbonyl (C=O) groups is 1. The Labute approximate surface area is 81.5 Å². The second-order valence-electron chi connectivity index (χ2n) is 3.59. The third-order valence-electron chi connectivity index (χ3n) is 2.61. The van der Waals surface area contributed by atoms with Gasteiger partial charge in [0.2, 0.25) is 0 Å². The van der Waals surface area contributed by atoms with Gasteiger partial charge in [0.15, 0.2) is 0 Å². The fraction of sp³-hybridized carbons (Fsp3) is 0.300. The van der Waals surface area contributed by atoms with Crippen LogP contribution in [0.5, 0.6) is 0 Å². The molecule has 1 atom stereocenters. The van der Waals surface area contributed by atoms with Gasteiger partial charge in [0.25, 0.3) is 0 Å². The molecule has 0 bridgehead atoms. The Morgan fingerprint density at radius 2 is 2.21 bits per heavy atom. The molecule has 4 nitrogen and oxygen atoms in total. The molecule has 0 amide bonds. The maximum Gasteiger partial charge on any atom is 0.336 e. The zero-order valence-electron chi connectivity index (χ0n) is 7.66. The number of benzene rings is 1. The molecule has 0 saturated carbocycles. The van der Waals surface area contributed by atoms with E-state index in [9.17, 15) is 4.79 Å². The zero-order chi connectivity index (χ0) is 10.3. The molecule has 0 heterocycles. The lowest BCUT2D eigenvalue weighted by molar-refractivity contribution is 0.0695. The van der Waals surface area contributed by atoms with Crippen LogP contribution in [0.2, 0.25) is 0 Å². The van der Waals surface area contributed by atoms with Crippen molar-refractivity contribution >= 4 is 11.7 Å². The van der Waals surface area contributed by atoms with Crippen LogP contribution in [0, 0.1) is 0 Å². The summed E-state index contributed by atoms with van der Waals surface area (Å²) in [4.78, 5) is 10.9. The summed E-state index contributed by atoms with van der Waals surface area (Å²) >= 11 is 0. The van der Waals surface area contributed by atoms with Crippen LogP contribution < -0.4 is 11.5 Å². The molecular weight excluding hydrogens is 180 g/mol. The van der Waals surface area contributed by atoms with Gasteiger partial charge in [-0.25, -0.2) is 4.79 Å². The lowest BCUT2D eigenvalue weighted by Crippen LogP contribution is -2.12. The van der Waals surface area contributed by atoms with Crippen LogP contribution in [0.25, 0.3) is 0 Å². The molecule has 1 aliphatic carbocycles. The third-order valence-corrected chi connectivity index (χ3v) is 2.61. The highest BCUT2D eigenvalue weighted by Crippen LogP contribution is 2.33. The van der Waals surface area contributed by atoms with Crippen LogP contribution in [-0.4, -0.2) is 11.1 Å². The van der Waals surface area contributed by atoms with Gasteiger partial charge in [0, 0.05) is 11.7 Å². The Bertz CT molecular complexity index is 401. The van der Waals surface area contributed by atoms with Gasteiger partial charge in [0.05, 0.1) is 5.56 Å². The molecule has 0 aromatic heterocycles. The number of aryl methyl sites for hydroxylation is 1. The van der Waals surface area contributed by atoms with Crippen LogP contribution in [0.3, 0.4) is 0 Å². The second-order valence-corrected chi connectivity index (χ2v) is 3.59. The number of hydrogen-bond donors (Lipinski definition) is 3. The summed E-state index contributed by atoms with van der Waals surface area (Å²) in [7, 11) is 0. The molecule has 1 aliphatic rings. The first-order valence-electron chi connectivity index (χ1n) is 4.50. The number of carboxylic acids is 1. The molecule has 14 heavy (non-hydrogen) atoms. The minimum absolute atomic E-state index is 0.156. The van der Waals surface area contributed by atoms with E-state index in [1.165, 1.54) is 6.07 Å². The van der Waals surface area contributed by atoms with Gasteiger partial charge in [-0.3, -0.25) is 0 Å². The SMILES string of the molecule is Nc1cc2c(c(C(=O)O)c1)[C@@H](N)CC2. The van der Waals surface area contributed by atoms with E-state index >= 15 is 0 Å². The largest absolute Gasteiger partial charge is 0.478 e. The number of anilines is 1. The topological polar surface area (TPSA) is 89.3 Å². The maximum atomic E-state index is 10.9. The Balaban J connectivity index is 2.65. The summed E-state index contributed by atoms with van der Waals surface area (Å²) in [5.74, 6) is -0.953. The summed E-state index contributed by atoms with van der Waals surface area (Å²) in [5, 5.41) is 8.98. The number of aromatic carboxylic acids is 1. The fourth-order valence-electron chi connectivity index (χ4n) is 2.01. The van der Waals surface area contributed by atoms with Crippen LogP contribution in [-0.2, 0) is 6.42 Å². The average Bonchev–Trinajstić information content (AvgIpc) is 2.46. The highest BCUT2D eigenvalue weighted by Gasteiger charge is 2.25. The highest BCUT2D eigenvalue weighted by atomic mass is 16.4. The van der Waals surface area contributed by atoms with Gasteiger partial charge in [-0.1, -0.05) is 0 Å². The standard InChI is InChI=1S/C10H12N2O2/c11-6-3-5-1-2-8(12)9(5)7(4-6)10(13)14/h3-4,8H,1-2,11-12H2,(H,13,14)/t8-/m0/s1. The first-order valence-corrected chi connectivity index (χ1v) is 4.50. The van der Waals surface area contributed by atoms with Gasteiger partial charge in [-0.15, -0.1) is 0 Å². The predicted octanol–water partition coefficient (Wildman–Crippen LogP) is 0.913. The van der Waals surface area contributed by atoms with Crippen molar-refractivity contribution < 1.29 is 9.90 Å². The van der Waals surface area contributed by atoms with Crippen molar-refractivity contribution in [2.45, 2.75) is 18.9 Å². The molecule has 1 aromatic carbocycles. The van der Waals surface area contributed by atoms with E-state index in [4.69, 9.17) is 16.6 Å². The minimum atomic E-state index is -0.953. The zero-order valence-corrected chi connectivity index (χ0v) is 7.66. The highest BCUT2D eigenvalue weighted by molar-refractivity contribution is 5.91. The van der Waals surface area contributed by atoms with Crippen molar-refractivity contribution in [2.24, 2.45) is 5.73 Å². The Morgan fingerprint density at radius 3 is 2.86 bits per heavy atom. The Morgan fingerprint density at radius 1 is 1.50 bits per heavy atom. The van der Waals surface area contributed by atoms with E-state index in [1.54, 1.807) is 0 Å². The number of rotatable bonds is 1. The molecule has 0 fully saturated rings. The molecule has 0 spiro atoms. The molecule has 0 unspecified atom stereocenters. The number of carboxylic acid groups (broad SMARTS) is 1. The molecule has 74 valence electrons. The maximum absolute atomic E-state index is 10.9. The quantitative estimate of drug-likeness (QED) is 0.577. The van der Waals surface area contributed by atoms with Crippen molar-refractivity contribution in [1.82, 2.24) is 0 Å². The van der Waals surface area contributed by atoms with Crippen LogP contribution in [0.4, 0.5) is 5.69 Å². The van der Waals surface area contributed by atoms with E-state index in [1.807, 2.05) is 6.07 Å². The smallest absolute Gasteiger partial charge is 0.336 e. The van der Waals surface area contributed by atoms with Crippen molar-refractivity contribution in [3.8, 4) is 0 Å². The van der Waals surface area contributed by atoms with Crippen molar-refractivity contribution in [2.75, 3.05) is 5.73 Å². The summed E-state index contributed by atoms with van der Waals surface area (Å²) in [6.07, 6.45) is 1.63. The Kier molecular flexibility index (Phi) is 1.93. The van der Waals surface area contributed by atoms with E-state index in [-0.39, 0.29) is 11.6 Å². The van der Waals surface area contributed by atoms with Gasteiger partial charge in [-0.2, -0.15) is 0 Å². The van der Waals surface area contributed by atoms with E-state index in [0.29, 0.717) is 5.69 Å². The summed E-state index contributed by atoms with van der Waals surface area (Å²) < 4.78 is 0. The molecular formula is C10H12N2O2. The van der Waals surface area contributed by atoms with E-state index < -0.39 is 5.97 Å². The average molecular weight is 192 g/mol. The first-order chi connectivity index (χ1) is 6.59. The summed E-state index contributed by atoms with van der Waals surface area (Å²) in [6.45, 7) is 0. The third kappa shape index (κ3) is 1.24. The number of nitrogen functional groups attached to an aromatic ring is 1. The molecule has 0 radical (unpaired) electrons. The summed E-state index contributed by atoms with van der Waals surface area (Å²) in [6, 6.07) is 3.14. The number of nitrogens with two attached hydrogens (primary N) is 2. The van der Waals surface area contributed by atoms with Crippen molar-refractivity contribution in [3.05, 3.63) is 28.8 Å². The molecule has 0 saturated heterocycles. The minimum Gasteiger partial charge on any atom is -0.478 e. The molecule has 0 aliphatic heterocycles. The first kappa shape index (κ1) is 9.02. The van der Waals surface area contributed by atoms with Gasteiger partial charge >= 0.3 is 5.97 Å². The molecule has 5 N–H and O–H groups in total. The van der Waals surface area contributed by atoms with E-state index in [2.05, 4.69) is 0 Å². The predicted molar refractivity (Wildman–Crippen MR) is 53.1 cm³/mol. The summed E-state index contributed by atoms with van der Waals surface area (Å²) in [5.41, 5.74) is 13.9. The lowest BCUT2D eigenvalue weighted by atomic mass is 10.0. The van der Waals surface area contributed by atoms with Crippen LogP contribution >= 0.6 is 0 Å². The molecule has 1 aromatic rings.